The maximum Gasteiger partial charge on any atom is 0.243 e. The minimum Gasteiger partial charge on any atom is -0.356 e. The molecule has 0 spiro atoms. The summed E-state index contributed by atoms with van der Waals surface area (Å²) in [4.78, 5) is 10.2. The fraction of sp³-hybridized carbons (Fsp3) is 0.364. The summed E-state index contributed by atoms with van der Waals surface area (Å²) in [5.41, 5.74) is 0. The van der Waals surface area contributed by atoms with Crippen molar-refractivity contribution in [3.63, 3.8) is 0 Å². The van der Waals surface area contributed by atoms with E-state index in [0.29, 0.717) is 13.0 Å². The standard InChI is InChI=1S/C11H15FN2O3S/c1-9(15)13-7-4-8-14-18(16,17)11-6-3-2-5-10(11)12/h2-3,5-6,14H,4,7-8H2,1H3,(H,13,15). The minimum atomic E-state index is -3.83. The molecule has 7 heteroatoms. The van der Waals surface area contributed by atoms with Gasteiger partial charge in [-0.15, -0.1) is 0 Å². The number of carbonyl (C=O) groups excluding carboxylic acids is 1. The quantitative estimate of drug-likeness (QED) is 0.747. The van der Waals surface area contributed by atoms with E-state index in [1.807, 2.05) is 0 Å². The van der Waals surface area contributed by atoms with E-state index in [1.165, 1.54) is 25.1 Å². The van der Waals surface area contributed by atoms with Gasteiger partial charge in [0, 0.05) is 20.0 Å². The molecule has 100 valence electrons. The largest absolute Gasteiger partial charge is 0.356 e. The highest BCUT2D eigenvalue weighted by atomic mass is 32.2. The van der Waals surface area contributed by atoms with E-state index in [0.717, 1.165) is 6.07 Å². The Kier molecular flexibility index (Phi) is 5.24. The van der Waals surface area contributed by atoms with Gasteiger partial charge in [-0.05, 0) is 18.6 Å². The van der Waals surface area contributed by atoms with Crippen LogP contribution in [0.1, 0.15) is 13.3 Å². The molecule has 0 atom stereocenters. The summed E-state index contributed by atoms with van der Waals surface area (Å²) in [6.45, 7) is 1.88. The summed E-state index contributed by atoms with van der Waals surface area (Å²) in [6.07, 6.45) is 0.438. The van der Waals surface area contributed by atoms with Crippen LogP contribution in [0.2, 0.25) is 0 Å². The summed E-state index contributed by atoms with van der Waals surface area (Å²) >= 11 is 0. The molecule has 0 aromatic heterocycles. The molecule has 5 nitrogen and oxygen atoms in total. The number of hydrogen-bond acceptors (Lipinski definition) is 3. The summed E-state index contributed by atoms with van der Waals surface area (Å²) in [5, 5.41) is 2.54. The fourth-order valence-electron chi connectivity index (χ4n) is 1.30. The first kappa shape index (κ1) is 14.6. The SMILES string of the molecule is CC(=O)NCCCNS(=O)(=O)c1ccccc1F. The number of halogens is 1. The number of rotatable bonds is 6. The Morgan fingerprint density at radius 2 is 1.94 bits per heavy atom. The third-order valence-corrected chi connectivity index (χ3v) is 3.64. The van der Waals surface area contributed by atoms with Crippen molar-refractivity contribution in [3.8, 4) is 0 Å². The lowest BCUT2D eigenvalue weighted by Gasteiger charge is -2.07. The van der Waals surface area contributed by atoms with E-state index in [2.05, 4.69) is 10.0 Å². The zero-order valence-electron chi connectivity index (χ0n) is 9.94. The molecule has 2 N–H and O–H groups in total. The van der Waals surface area contributed by atoms with E-state index in [9.17, 15) is 17.6 Å². The molecule has 1 aromatic rings. The molecule has 0 fully saturated rings. The van der Waals surface area contributed by atoms with E-state index >= 15 is 0 Å². The number of nitrogens with one attached hydrogen (secondary N) is 2. The van der Waals surface area contributed by atoms with Crippen molar-refractivity contribution in [1.29, 1.82) is 0 Å². The summed E-state index contributed by atoms with van der Waals surface area (Å²) < 4.78 is 39.0. The van der Waals surface area contributed by atoms with Gasteiger partial charge in [0.05, 0.1) is 0 Å². The summed E-state index contributed by atoms with van der Waals surface area (Å²) in [6, 6.07) is 5.16. The van der Waals surface area contributed by atoms with Crippen LogP contribution < -0.4 is 10.0 Å². The molecule has 1 aromatic carbocycles. The first-order valence-corrected chi connectivity index (χ1v) is 6.90. The molecule has 18 heavy (non-hydrogen) atoms. The molecule has 0 aliphatic carbocycles. The first-order chi connectivity index (χ1) is 8.43. The molecule has 0 unspecified atom stereocenters. The van der Waals surface area contributed by atoms with Gasteiger partial charge < -0.3 is 5.32 Å². The zero-order chi connectivity index (χ0) is 13.6. The number of carbonyl (C=O) groups is 1. The number of benzene rings is 1. The minimum absolute atomic E-state index is 0.136. The van der Waals surface area contributed by atoms with Gasteiger partial charge in [0.15, 0.2) is 0 Å². The second kappa shape index (κ2) is 6.46. The Hall–Kier alpha value is -1.47. The predicted molar refractivity (Wildman–Crippen MR) is 64.9 cm³/mol. The van der Waals surface area contributed by atoms with Gasteiger partial charge in [-0.25, -0.2) is 17.5 Å². The molecule has 0 heterocycles. The second-order valence-corrected chi connectivity index (χ2v) is 5.40. The molecule has 0 saturated carbocycles. The van der Waals surface area contributed by atoms with Gasteiger partial charge in [-0.1, -0.05) is 12.1 Å². The average Bonchev–Trinajstić information content (AvgIpc) is 2.28. The zero-order valence-corrected chi connectivity index (χ0v) is 10.8. The summed E-state index contributed by atoms with van der Waals surface area (Å²) in [7, 11) is -3.83. The van der Waals surface area contributed by atoms with Crippen LogP contribution in [0.4, 0.5) is 4.39 Å². The highest BCUT2D eigenvalue weighted by Crippen LogP contribution is 2.12. The Morgan fingerprint density at radius 1 is 1.28 bits per heavy atom. The Bertz CT molecular complexity index is 517. The maximum absolute atomic E-state index is 13.3. The van der Waals surface area contributed by atoms with E-state index < -0.39 is 15.8 Å². The smallest absolute Gasteiger partial charge is 0.243 e. The Labute approximate surface area is 105 Å². The van der Waals surface area contributed by atoms with E-state index in [4.69, 9.17) is 0 Å². The topological polar surface area (TPSA) is 75.3 Å². The number of amides is 1. The van der Waals surface area contributed by atoms with Gasteiger partial charge in [0.2, 0.25) is 15.9 Å². The molecule has 0 aliphatic heterocycles. The van der Waals surface area contributed by atoms with Crippen LogP contribution in [0.15, 0.2) is 29.2 Å². The molecule has 0 bridgehead atoms. The normalized spacial score (nSPS) is 11.2. The van der Waals surface area contributed by atoms with Crippen LogP contribution in [-0.4, -0.2) is 27.4 Å². The van der Waals surface area contributed by atoms with Crippen LogP contribution in [0.3, 0.4) is 0 Å². The first-order valence-electron chi connectivity index (χ1n) is 5.42. The van der Waals surface area contributed by atoms with Crippen molar-refractivity contribution >= 4 is 15.9 Å². The highest BCUT2D eigenvalue weighted by molar-refractivity contribution is 7.89. The van der Waals surface area contributed by atoms with E-state index in [1.54, 1.807) is 0 Å². The number of hydrogen-bond donors (Lipinski definition) is 2. The maximum atomic E-state index is 13.3. The molecule has 0 aliphatic rings. The Balaban J connectivity index is 2.51. The molecule has 0 saturated heterocycles. The van der Waals surface area contributed by atoms with Gasteiger partial charge in [-0.3, -0.25) is 4.79 Å². The van der Waals surface area contributed by atoms with Crippen LogP contribution in [0, 0.1) is 5.82 Å². The lowest BCUT2D eigenvalue weighted by molar-refractivity contribution is -0.118. The Morgan fingerprint density at radius 3 is 2.56 bits per heavy atom. The van der Waals surface area contributed by atoms with Crippen LogP contribution in [-0.2, 0) is 14.8 Å². The second-order valence-electron chi connectivity index (χ2n) is 3.66. The lowest BCUT2D eigenvalue weighted by atomic mass is 10.4. The lowest BCUT2D eigenvalue weighted by Crippen LogP contribution is -2.29. The molecule has 1 rings (SSSR count). The van der Waals surface area contributed by atoms with Gasteiger partial charge in [0.1, 0.15) is 10.7 Å². The van der Waals surface area contributed by atoms with Crippen LogP contribution >= 0.6 is 0 Å². The fourth-order valence-corrected chi connectivity index (χ4v) is 2.45. The average molecular weight is 274 g/mol. The third-order valence-electron chi connectivity index (χ3n) is 2.15. The third kappa shape index (κ3) is 4.42. The van der Waals surface area contributed by atoms with Crippen molar-refractivity contribution in [2.45, 2.75) is 18.2 Å². The van der Waals surface area contributed by atoms with Crippen molar-refractivity contribution in [1.82, 2.24) is 10.0 Å². The van der Waals surface area contributed by atoms with E-state index in [-0.39, 0.29) is 17.3 Å². The van der Waals surface area contributed by atoms with Gasteiger partial charge >= 0.3 is 0 Å². The van der Waals surface area contributed by atoms with Gasteiger partial charge in [0.25, 0.3) is 0 Å². The number of sulfonamides is 1. The molecule has 0 radical (unpaired) electrons. The molecular formula is C11H15FN2O3S. The van der Waals surface area contributed by atoms with Gasteiger partial charge in [-0.2, -0.15) is 0 Å². The van der Waals surface area contributed by atoms with Crippen molar-refractivity contribution in [3.05, 3.63) is 30.1 Å². The van der Waals surface area contributed by atoms with Crippen molar-refractivity contribution in [2.24, 2.45) is 0 Å². The van der Waals surface area contributed by atoms with Crippen molar-refractivity contribution in [2.75, 3.05) is 13.1 Å². The molecular weight excluding hydrogens is 259 g/mol. The highest BCUT2D eigenvalue weighted by Gasteiger charge is 2.17. The predicted octanol–water partition coefficient (Wildman–Crippen LogP) is 0.630. The monoisotopic (exact) mass is 274 g/mol. The van der Waals surface area contributed by atoms with Crippen LogP contribution in [0.25, 0.3) is 0 Å². The molecule has 1 amide bonds. The van der Waals surface area contributed by atoms with Crippen LogP contribution in [0.5, 0.6) is 0 Å². The summed E-state index contributed by atoms with van der Waals surface area (Å²) in [5.74, 6) is -0.959. The van der Waals surface area contributed by atoms with Crippen molar-refractivity contribution < 1.29 is 17.6 Å².